The van der Waals surface area contributed by atoms with Crippen LogP contribution in [0, 0.1) is 5.92 Å². The van der Waals surface area contributed by atoms with Gasteiger partial charge in [-0.05, 0) is 31.8 Å². The summed E-state index contributed by atoms with van der Waals surface area (Å²) in [5.41, 5.74) is 0. The minimum Gasteiger partial charge on any atom is -0.316 e. The summed E-state index contributed by atoms with van der Waals surface area (Å²) in [7, 11) is 0. The normalized spacial score (nSPS) is 22.4. The van der Waals surface area contributed by atoms with E-state index in [0.717, 1.165) is 31.8 Å². The molecule has 1 N–H and O–H groups in total. The lowest BCUT2D eigenvalue weighted by Crippen LogP contribution is -2.13. The van der Waals surface area contributed by atoms with Crippen LogP contribution in [0.4, 0.5) is 0 Å². The average Bonchev–Trinajstić information content (AvgIpc) is 2.85. The topological polar surface area (TPSA) is 42.7 Å². The van der Waals surface area contributed by atoms with Crippen molar-refractivity contribution in [1.82, 2.24) is 20.1 Å². The molecule has 0 spiro atoms. The Balaban J connectivity index is 0.000000640. The molecule has 3 heterocycles. The van der Waals surface area contributed by atoms with E-state index in [4.69, 9.17) is 0 Å². The standard InChI is InChI=1S/C10H16N4.2ClH/c1-2-9-12-13-10(14(9)5-1)6-8-3-4-11-7-8;;/h8,11H,1-7H2;2*1H. The van der Waals surface area contributed by atoms with E-state index in [-0.39, 0.29) is 24.8 Å². The van der Waals surface area contributed by atoms with E-state index in [2.05, 4.69) is 20.1 Å². The van der Waals surface area contributed by atoms with Gasteiger partial charge in [0.25, 0.3) is 0 Å². The zero-order valence-electron chi connectivity index (χ0n) is 9.19. The van der Waals surface area contributed by atoms with Crippen molar-refractivity contribution in [2.75, 3.05) is 13.1 Å². The lowest BCUT2D eigenvalue weighted by Gasteiger charge is -2.07. The minimum atomic E-state index is 0. The van der Waals surface area contributed by atoms with Crippen LogP contribution in [-0.2, 0) is 19.4 Å². The van der Waals surface area contributed by atoms with Crippen molar-refractivity contribution in [1.29, 1.82) is 0 Å². The molecule has 2 aliphatic heterocycles. The summed E-state index contributed by atoms with van der Waals surface area (Å²) in [6, 6.07) is 0. The Morgan fingerprint density at radius 1 is 1.31 bits per heavy atom. The number of aryl methyl sites for hydroxylation is 1. The maximum Gasteiger partial charge on any atom is 0.133 e. The van der Waals surface area contributed by atoms with E-state index in [0.29, 0.717) is 0 Å². The lowest BCUT2D eigenvalue weighted by molar-refractivity contribution is 0.538. The van der Waals surface area contributed by atoms with Crippen LogP contribution in [0.3, 0.4) is 0 Å². The smallest absolute Gasteiger partial charge is 0.133 e. The molecular weight excluding hydrogens is 247 g/mol. The maximum atomic E-state index is 4.29. The fourth-order valence-electron chi connectivity index (χ4n) is 2.51. The number of halogens is 2. The Hall–Kier alpha value is -0.320. The molecule has 1 fully saturated rings. The van der Waals surface area contributed by atoms with Gasteiger partial charge in [0.15, 0.2) is 0 Å². The first-order chi connectivity index (χ1) is 6.93. The summed E-state index contributed by atoms with van der Waals surface area (Å²) >= 11 is 0. The van der Waals surface area contributed by atoms with E-state index in [9.17, 15) is 0 Å². The van der Waals surface area contributed by atoms with Crippen LogP contribution in [0.1, 0.15) is 24.5 Å². The highest BCUT2D eigenvalue weighted by molar-refractivity contribution is 5.85. The van der Waals surface area contributed by atoms with Gasteiger partial charge in [-0.15, -0.1) is 35.0 Å². The highest BCUT2D eigenvalue weighted by Gasteiger charge is 2.21. The fourth-order valence-corrected chi connectivity index (χ4v) is 2.51. The van der Waals surface area contributed by atoms with E-state index in [1.165, 1.54) is 31.0 Å². The van der Waals surface area contributed by atoms with Gasteiger partial charge in [-0.2, -0.15) is 0 Å². The van der Waals surface area contributed by atoms with Gasteiger partial charge in [0, 0.05) is 19.4 Å². The third-order valence-electron chi connectivity index (χ3n) is 3.32. The molecule has 2 aliphatic rings. The molecular formula is C10H18Cl2N4. The molecule has 6 heteroatoms. The molecule has 0 amide bonds. The molecule has 16 heavy (non-hydrogen) atoms. The summed E-state index contributed by atoms with van der Waals surface area (Å²) in [5, 5.41) is 11.9. The van der Waals surface area contributed by atoms with Crippen LogP contribution in [0.15, 0.2) is 0 Å². The largest absolute Gasteiger partial charge is 0.316 e. The molecule has 1 saturated heterocycles. The SMILES string of the molecule is C1Cc2nnc(CC3CCNC3)n2C1.Cl.Cl. The van der Waals surface area contributed by atoms with Crippen LogP contribution >= 0.6 is 24.8 Å². The van der Waals surface area contributed by atoms with Gasteiger partial charge in [-0.3, -0.25) is 0 Å². The second kappa shape index (κ2) is 5.84. The van der Waals surface area contributed by atoms with Gasteiger partial charge in [-0.1, -0.05) is 0 Å². The predicted octanol–water partition coefficient (Wildman–Crippen LogP) is 1.22. The first-order valence-electron chi connectivity index (χ1n) is 5.55. The Morgan fingerprint density at radius 2 is 2.19 bits per heavy atom. The molecule has 0 aromatic carbocycles. The lowest BCUT2D eigenvalue weighted by atomic mass is 10.0. The number of nitrogens with one attached hydrogen (secondary N) is 1. The van der Waals surface area contributed by atoms with Crippen LogP contribution in [0.5, 0.6) is 0 Å². The van der Waals surface area contributed by atoms with Crippen molar-refractivity contribution in [2.24, 2.45) is 5.92 Å². The first-order valence-corrected chi connectivity index (χ1v) is 5.55. The maximum absolute atomic E-state index is 4.29. The Bertz CT molecular complexity index is 334. The summed E-state index contributed by atoms with van der Waals surface area (Å²) in [6.45, 7) is 3.46. The number of rotatable bonds is 2. The van der Waals surface area contributed by atoms with Gasteiger partial charge in [0.05, 0.1) is 0 Å². The van der Waals surface area contributed by atoms with Crippen LogP contribution < -0.4 is 5.32 Å². The zero-order valence-corrected chi connectivity index (χ0v) is 10.8. The van der Waals surface area contributed by atoms with Gasteiger partial charge in [-0.25, -0.2) is 0 Å². The van der Waals surface area contributed by atoms with Crippen molar-refractivity contribution < 1.29 is 0 Å². The van der Waals surface area contributed by atoms with Crippen molar-refractivity contribution in [2.45, 2.75) is 32.2 Å². The minimum absolute atomic E-state index is 0. The fraction of sp³-hybridized carbons (Fsp3) is 0.800. The molecule has 92 valence electrons. The van der Waals surface area contributed by atoms with Crippen LogP contribution in [-0.4, -0.2) is 27.9 Å². The Labute approximate surface area is 108 Å². The number of fused-ring (bicyclic) bond motifs is 1. The van der Waals surface area contributed by atoms with Gasteiger partial charge in [0.2, 0.25) is 0 Å². The Kier molecular flexibility index (Phi) is 5.02. The summed E-state index contributed by atoms with van der Waals surface area (Å²) in [6.07, 6.45) is 4.78. The average molecular weight is 265 g/mol. The van der Waals surface area contributed by atoms with Crippen LogP contribution in [0.2, 0.25) is 0 Å². The molecule has 1 unspecified atom stereocenters. The molecule has 4 nitrogen and oxygen atoms in total. The molecule has 0 aliphatic carbocycles. The third kappa shape index (κ3) is 2.50. The van der Waals surface area contributed by atoms with E-state index in [1.54, 1.807) is 0 Å². The zero-order chi connectivity index (χ0) is 9.38. The molecule has 1 atom stereocenters. The van der Waals surface area contributed by atoms with E-state index >= 15 is 0 Å². The number of nitrogens with zero attached hydrogens (tertiary/aromatic N) is 3. The van der Waals surface area contributed by atoms with Gasteiger partial charge < -0.3 is 9.88 Å². The predicted molar refractivity (Wildman–Crippen MR) is 67.5 cm³/mol. The molecule has 1 aromatic heterocycles. The second-order valence-corrected chi connectivity index (χ2v) is 4.35. The molecule has 1 aromatic rings. The van der Waals surface area contributed by atoms with E-state index in [1.807, 2.05) is 0 Å². The monoisotopic (exact) mass is 264 g/mol. The number of hydrogen-bond acceptors (Lipinski definition) is 3. The van der Waals surface area contributed by atoms with Crippen molar-refractivity contribution >= 4 is 24.8 Å². The van der Waals surface area contributed by atoms with Crippen molar-refractivity contribution in [3.63, 3.8) is 0 Å². The van der Waals surface area contributed by atoms with Gasteiger partial charge >= 0.3 is 0 Å². The van der Waals surface area contributed by atoms with Gasteiger partial charge in [0.1, 0.15) is 11.6 Å². The summed E-state index contributed by atoms with van der Waals surface area (Å²) in [4.78, 5) is 0. The molecule has 0 radical (unpaired) electrons. The summed E-state index contributed by atoms with van der Waals surface area (Å²) in [5.74, 6) is 3.20. The number of hydrogen-bond donors (Lipinski definition) is 1. The quantitative estimate of drug-likeness (QED) is 0.874. The molecule has 0 bridgehead atoms. The molecule has 0 saturated carbocycles. The summed E-state index contributed by atoms with van der Waals surface area (Å²) < 4.78 is 2.32. The van der Waals surface area contributed by atoms with E-state index < -0.39 is 0 Å². The van der Waals surface area contributed by atoms with Crippen molar-refractivity contribution in [3.8, 4) is 0 Å². The van der Waals surface area contributed by atoms with Crippen molar-refractivity contribution in [3.05, 3.63) is 11.6 Å². The highest BCUT2D eigenvalue weighted by atomic mass is 35.5. The Morgan fingerprint density at radius 3 is 2.94 bits per heavy atom. The second-order valence-electron chi connectivity index (χ2n) is 4.35. The number of aromatic nitrogens is 3. The highest BCUT2D eigenvalue weighted by Crippen LogP contribution is 2.18. The van der Waals surface area contributed by atoms with Crippen LogP contribution in [0.25, 0.3) is 0 Å². The third-order valence-corrected chi connectivity index (χ3v) is 3.32. The molecule has 3 rings (SSSR count). The first kappa shape index (κ1) is 13.7.